The van der Waals surface area contributed by atoms with Gasteiger partial charge in [-0.15, -0.1) is 5.10 Å². The first-order chi connectivity index (χ1) is 12.0. The van der Waals surface area contributed by atoms with Crippen LogP contribution in [-0.4, -0.2) is 71.5 Å². The van der Waals surface area contributed by atoms with Crippen LogP contribution in [0.4, 0.5) is 5.82 Å². The van der Waals surface area contributed by atoms with Gasteiger partial charge in [0.05, 0.1) is 18.2 Å². The van der Waals surface area contributed by atoms with Crippen LogP contribution in [0.1, 0.15) is 33.6 Å². The molecule has 7 nitrogen and oxygen atoms in total. The average molecular weight is 347 g/mol. The Morgan fingerprint density at radius 1 is 1.40 bits per heavy atom. The van der Waals surface area contributed by atoms with Crippen molar-refractivity contribution in [2.45, 2.75) is 57.9 Å². The van der Waals surface area contributed by atoms with Gasteiger partial charge in [0.2, 0.25) is 5.91 Å². The molecule has 2 saturated heterocycles. The summed E-state index contributed by atoms with van der Waals surface area (Å²) in [6.45, 7) is 9.10. The molecule has 3 heterocycles. The van der Waals surface area contributed by atoms with Crippen LogP contribution in [0.5, 0.6) is 0 Å². The summed E-state index contributed by atoms with van der Waals surface area (Å²) < 4.78 is 5.72. The Balaban J connectivity index is 1.53. The molecule has 0 aliphatic carbocycles. The zero-order valence-electron chi connectivity index (χ0n) is 15.4. The van der Waals surface area contributed by atoms with Crippen molar-refractivity contribution >= 4 is 11.7 Å². The first kappa shape index (κ1) is 18.1. The first-order valence-electron chi connectivity index (χ1n) is 9.26. The van der Waals surface area contributed by atoms with Crippen molar-refractivity contribution < 1.29 is 9.53 Å². The highest BCUT2D eigenvalue weighted by Crippen LogP contribution is 2.22. The first-order valence-corrected chi connectivity index (χ1v) is 9.26. The second-order valence-corrected chi connectivity index (χ2v) is 7.20. The Bertz CT molecular complexity index is 560. The highest BCUT2D eigenvalue weighted by molar-refractivity contribution is 5.81. The molecule has 25 heavy (non-hydrogen) atoms. The van der Waals surface area contributed by atoms with E-state index in [4.69, 9.17) is 4.74 Å². The minimum absolute atomic E-state index is 0.0990. The number of hydrogen-bond donors (Lipinski definition) is 1. The lowest BCUT2D eigenvalue weighted by molar-refractivity contribution is -0.144. The number of aromatic nitrogens is 2. The molecule has 0 saturated carbocycles. The van der Waals surface area contributed by atoms with Crippen molar-refractivity contribution in [3.05, 3.63) is 18.3 Å². The predicted octanol–water partition coefficient (Wildman–Crippen LogP) is 1.06. The molecular formula is C18H29N5O2. The molecule has 0 radical (unpaired) electrons. The van der Waals surface area contributed by atoms with Gasteiger partial charge in [0.1, 0.15) is 0 Å². The number of nitrogens with zero attached hydrogens (tertiary/aromatic N) is 4. The SMILES string of the molecule is C[C@@H]1CN(C(=O)[C@H](C)NC[C@H]2CCCN2c2cccnn2)C[C@H](C)O1. The van der Waals surface area contributed by atoms with E-state index in [1.807, 2.05) is 37.8 Å². The molecular weight excluding hydrogens is 318 g/mol. The molecule has 1 aromatic heterocycles. The van der Waals surface area contributed by atoms with Gasteiger partial charge in [0.15, 0.2) is 5.82 Å². The van der Waals surface area contributed by atoms with Gasteiger partial charge in [-0.3, -0.25) is 4.79 Å². The van der Waals surface area contributed by atoms with Crippen molar-refractivity contribution in [2.24, 2.45) is 0 Å². The molecule has 4 atom stereocenters. The number of carbonyl (C=O) groups excluding carboxylic acids is 1. The molecule has 0 aromatic carbocycles. The average Bonchev–Trinajstić information content (AvgIpc) is 3.07. The van der Waals surface area contributed by atoms with Crippen LogP contribution in [0, 0.1) is 0 Å². The van der Waals surface area contributed by atoms with E-state index in [2.05, 4.69) is 20.4 Å². The maximum atomic E-state index is 12.7. The van der Waals surface area contributed by atoms with Crippen LogP contribution >= 0.6 is 0 Å². The van der Waals surface area contributed by atoms with Crippen LogP contribution in [0.25, 0.3) is 0 Å². The van der Waals surface area contributed by atoms with Gasteiger partial charge >= 0.3 is 0 Å². The van der Waals surface area contributed by atoms with Crippen molar-refractivity contribution in [3.8, 4) is 0 Å². The van der Waals surface area contributed by atoms with E-state index in [-0.39, 0.29) is 24.2 Å². The lowest BCUT2D eigenvalue weighted by Gasteiger charge is -2.37. The second-order valence-electron chi connectivity index (χ2n) is 7.20. The van der Waals surface area contributed by atoms with E-state index in [9.17, 15) is 4.79 Å². The Morgan fingerprint density at radius 2 is 2.16 bits per heavy atom. The predicted molar refractivity (Wildman–Crippen MR) is 96.5 cm³/mol. The van der Waals surface area contributed by atoms with Crippen LogP contribution in [-0.2, 0) is 9.53 Å². The molecule has 138 valence electrons. The molecule has 2 fully saturated rings. The summed E-state index contributed by atoms with van der Waals surface area (Å²) in [6, 6.07) is 4.07. The summed E-state index contributed by atoms with van der Waals surface area (Å²) in [5, 5.41) is 11.6. The fraction of sp³-hybridized carbons (Fsp3) is 0.722. The standard InChI is InChI=1S/C18H29N5O2/c1-13-11-22(12-14(2)25-13)18(24)15(3)19-10-16-6-5-9-23(16)17-7-4-8-20-21-17/h4,7-8,13-16,19H,5-6,9-12H2,1-3H3/t13-,14+,15-,16+/m0/s1. The molecule has 1 aromatic rings. The van der Waals surface area contributed by atoms with Crippen molar-refractivity contribution in [1.29, 1.82) is 0 Å². The summed E-state index contributed by atoms with van der Waals surface area (Å²) in [4.78, 5) is 16.9. The minimum atomic E-state index is -0.193. The van der Waals surface area contributed by atoms with E-state index in [0.717, 1.165) is 31.7 Å². The number of anilines is 1. The summed E-state index contributed by atoms with van der Waals surface area (Å²) in [7, 11) is 0. The van der Waals surface area contributed by atoms with Gasteiger partial charge in [-0.2, -0.15) is 5.10 Å². The fourth-order valence-corrected chi connectivity index (χ4v) is 3.83. The summed E-state index contributed by atoms with van der Waals surface area (Å²) >= 11 is 0. The molecule has 1 amide bonds. The van der Waals surface area contributed by atoms with Gasteiger partial charge in [0.25, 0.3) is 0 Å². The number of ether oxygens (including phenoxy) is 1. The van der Waals surface area contributed by atoms with Crippen LogP contribution in [0.15, 0.2) is 18.3 Å². The van der Waals surface area contributed by atoms with E-state index in [0.29, 0.717) is 19.1 Å². The Kier molecular flexibility index (Phi) is 5.86. The van der Waals surface area contributed by atoms with Crippen LogP contribution in [0.2, 0.25) is 0 Å². The van der Waals surface area contributed by atoms with Crippen LogP contribution < -0.4 is 10.2 Å². The molecule has 0 bridgehead atoms. The monoisotopic (exact) mass is 347 g/mol. The number of carbonyl (C=O) groups is 1. The van der Waals surface area contributed by atoms with Gasteiger partial charge in [-0.05, 0) is 45.7 Å². The Labute approximate surface area is 149 Å². The van der Waals surface area contributed by atoms with Gasteiger partial charge in [-0.1, -0.05) is 0 Å². The molecule has 0 spiro atoms. The quantitative estimate of drug-likeness (QED) is 0.859. The highest BCUT2D eigenvalue weighted by Gasteiger charge is 2.30. The minimum Gasteiger partial charge on any atom is -0.372 e. The lowest BCUT2D eigenvalue weighted by atomic mass is 10.1. The third-order valence-electron chi connectivity index (χ3n) is 4.99. The molecule has 1 N–H and O–H groups in total. The zero-order valence-corrected chi connectivity index (χ0v) is 15.4. The van der Waals surface area contributed by atoms with Gasteiger partial charge in [-0.25, -0.2) is 0 Å². The van der Waals surface area contributed by atoms with Crippen LogP contribution in [0.3, 0.4) is 0 Å². The lowest BCUT2D eigenvalue weighted by Crippen LogP contribution is -2.54. The van der Waals surface area contributed by atoms with Crippen molar-refractivity contribution in [1.82, 2.24) is 20.4 Å². The third-order valence-corrected chi connectivity index (χ3v) is 4.99. The number of amides is 1. The number of hydrogen-bond acceptors (Lipinski definition) is 6. The number of morpholine rings is 1. The summed E-state index contributed by atoms with van der Waals surface area (Å²) in [5.74, 6) is 1.08. The summed E-state index contributed by atoms with van der Waals surface area (Å²) in [5.41, 5.74) is 0. The van der Waals surface area contributed by atoms with Gasteiger partial charge < -0.3 is 19.9 Å². The maximum absolute atomic E-state index is 12.7. The molecule has 2 aliphatic rings. The zero-order chi connectivity index (χ0) is 17.8. The largest absolute Gasteiger partial charge is 0.372 e. The molecule has 0 unspecified atom stereocenters. The topological polar surface area (TPSA) is 70.6 Å². The van der Waals surface area contributed by atoms with E-state index < -0.39 is 0 Å². The molecule has 2 aliphatic heterocycles. The highest BCUT2D eigenvalue weighted by atomic mass is 16.5. The van der Waals surface area contributed by atoms with E-state index in [1.54, 1.807) is 6.20 Å². The molecule has 7 heteroatoms. The second kappa shape index (κ2) is 8.10. The smallest absolute Gasteiger partial charge is 0.239 e. The fourth-order valence-electron chi connectivity index (χ4n) is 3.83. The Morgan fingerprint density at radius 3 is 2.84 bits per heavy atom. The van der Waals surface area contributed by atoms with Gasteiger partial charge in [0, 0.05) is 38.4 Å². The summed E-state index contributed by atoms with van der Waals surface area (Å²) in [6.07, 6.45) is 4.14. The van der Waals surface area contributed by atoms with E-state index in [1.165, 1.54) is 0 Å². The number of rotatable bonds is 5. The Hall–Kier alpha value is -1.73. The maximum Gasteiger partial charge on any atom is 0.239 e. The van der Waals surface area contributed by atoms with E-state index >= 15 is 0 Å². The normalized spacial score (nSPS) is 28.2. The van der Waals surface area contributed by atoms with Crippen molar-refractivity contribution in [3.63, 3.8) is 0 Å². The number of nitrogens with one attached hydrogen (secondary N) is 1. The molecule has 3 rings (SSSR count). The third kappa shape index (κ3) is 4.46. The van der Waals surface area contributed by atoms with Crippen molar-refractivity contribution in [2.75, 3.05) is 31.1 Å².